The van der Waals surface area contributed by atoms with Gasteiger partial charge >= 0.3 is 5.63 Å². The van der Waals surface area contributed by atoms with Gasteiger partial charge in [-0.25, -0.2) is 4.79 Å². The Morgan fingerprint density at radius 2 is 1.93 bits per heavy atom. The molecule has 1 fully saturated rings. The first-order valence-electron chi connectivity index (χ1n) is 9.54. The first kappa shape index (κ1) is 18.3. The number of aryl methyl sites for hydroxylation is 2. The van der Waals surface area contributed by atoms with E-state index in [9.17, 15) is 9.59 Å². The van der Waals surface area contributed by atoms with Gasteiger partial charge in [-0.2, -0.15) is 0 Å². The standard InChI is InChI=1S/C23H23NO4/c1-15-5-6-18(12-16(15)2)20-4-3-11-24(20)22(25)14-27-19-9-7-17-8-10-23(26)28-21(17)13-19/h5-10,12-13,20H,3-4,11,14H2,1-2H3. The molecule has 1 aromatic heterocycles. The number of hydrogen-bond donors (Lipinski definition) is 0. The third-order valence-corrected chi connectivity index (χ3v) is 5.45. The summed E-state index contributed by atoms with van der Waals surface area (Å²) in [7, 11) is 0. The summed E-state index contributed by atoms with van der Waals surface area (Å²) in [5.74, 6) is 0.479. The lowest BCUT2D eigenvalue weighted by Crippen LogP contribution is -2.34. The molecule has 0 aliphatic carbocycles. The van der Waals surface area contributed by atoms with Crippen molar-refractivity contribution >= 4 is 16.9 Å². The zero-order valence-electron chi connectivity index (χ0n) is 16.1. The molecule has 1 aliphatic heterocycles. The highest BCUT2D eigenvalue weighted by Gasteiger charge is 2.30. The van der Waals surface area contributed by atoms with E-state index in [1.165, 1.54) is 22.8 Å². The van der Waals surface area contributed by atoms with Crippen molar-refractivity contribution in [2.24, 2.45) is 0 Å². The van der Waals surface area contributed by atoms with Crippen LogP contribution in [0.1, 0.15) is 35.6 Å². The van der Waals surface area contributed by atoms with Crippen LogP contribution >= 0.6 is 0 Å². The Balaban J connectivity index is 1.46. The molecular weight excluding hydrogens is 354 g/mol. The van der Waals surface area contributed by atoms with Gasteiger partial charge in [0.25, 0.3) is 5.91 Å². The number of hydrogen-bond acceptors (Lipinski definition) is 4. The van der Waals surface area contributed by atoms with Crippen LogP contribution in [0, 0.1) is 13.8 Å². The highest BCUT2D eigenvalue weighted by atomic mass is 16.5. The van der Waals surface area contributed by atoms with Gasteiger partial charge in [-0.15, -0.1) is 0 Å². The van der Waals surface area contributed by atoms with Gasteiger partial charge in [-0.3, -0.25) is 4.79 Å². The van der Waals surface area contributed by atoms with Crippen molar-refractivity contribution in [3.8, 4) is 5.75 Å². The number of carbonyl (C=O) groups excluding carboxylic acids is 1. The Bertz CT molecular complexity index is 1090. The van der Waals surface area contributed by atoms with Crippen LogP contribution in [0.25, 0.3) is 11.0 Å². The van der Waals surface area contributed by atoms with E-state index in [0.717, 1.165) is 24.8 Å². The van der Waals surface area contributed by atoms with Gasteiger partial charge < -0.3 is 14.1 Å². The molecule has 2 aromatic carbocycles. The average Bonchev–Trinajstić information content (AvgIpc) is 3.18. The number of nitrogens with zero attached hydrogens (tertiary/aromatic N) is 1. The Morgan fingerprint density at radius 1 is 1.11 bits per heavy atom. The van der Waals surface area contributed by atoms with Crippen LogP contribution in [0.3, 0.4) is 0 Å². The maximum absolute atomic E-state index is 12.8. The summed E-state index contributed by atoms with van der Waals surface area (Å²) in [5.41, 5.74) is 3.72. The van der Waals surface area contributed by atoms with Gasteiger partial charge in [-0.1, -0.05) is 18.2 Å². The summed E-state index contributed by atoms with van der Waals surface area (Å²) in [6.07, 6.45) is 1.96. The van der Waals surface area contributed by atoms with Crippen molar-refractivity contribution in [1.82, 2.24) is 4.90 Å². The zero-order chi connectivity index (χ0) is 19.7. The van der Waals surface area contributed by atoms with E-state index in [2.05, 4.69) is 32.0 Å². The van der Waals surface area contributed by atoms with Crippen molar-refractivity contribution in [3.05, 3.63) is 75.6 Å². The van der Waals surface area contributed by atoms with Crippen LogP contribution in [-0.4, -0.2) is 24.0 Å². The number of likely N-dealkylation sites (tertiary alicyclic amines) is 1. The van der Waals surface area contributed by atoms with Crippen molar-refractivity contribution < 1.29 is 13.9 Å². The van der Waals surface area contributed by atoms with Crippen molar-refractivity contribution in [2.75, 3.05) is 13.2 Å². The van der Waals surface area contributed by atoms with Gasteiger partial charge in [0.15, 0.2) is 6.61 Å². The fourth-order valence-corrected chi connectivity index (χ4v) is 3.74. The molecule has 5 heteroatoms. The summed E-state index contributed by atoms with van der Waals surface area (Å²) in [6.45, 7) is 4.90. The summed E-state index contributed by atoms with van der Waals surface area (Å²) >= 11 is 0. The molecule has 0 bridgehead atoms. The Hall–Kier alpha value is -3.08. The minimum Gasteiger partial charge on any atom is -0.484 e. The molecule has 0 saturated carbocycles. The summed E-state index contributed by atoms with van der Waals surface area (Å²) in [5, 5.41) is 0.813. The second-order valence-corrected chi connectivity index (χ2v) is 7.33. The lowest BCUT2D eigenvalue weighted by atomic mass is 9.99. The van der Waals surface area contributed by atoms with E-state index in [4.69, 9.17) is 9.15 Å². The quantitative estimate of drug-likeness (QED) is 0.641. The monoisotopic (exact) mass is 377 g/mol. The third-order valence-electron chi connectivity index (χ3n) is 5.45. The highest BCUT2D eigenvalue weighted by Crippen LogP contribution is 2.33. The summed E-state index contributed by atoms with van der Waals surface area (Å²) < 4.78 is 10.9. The van der Waals surface area contributed by atoms with Crippen molar-refractivity contribution in [1.29, 1.82) is 0 Å². The largest absolute Gasteiger partial charge is 0.484 e. The lowest BCUT2D eigenvalue weighted by molar-refractivity contribution is -0.134. The first-order valence-corrected chi connectivity index (χ1v) is 9.54. The van der Waals surface area contributed by atoms with Crippen molar-refractivity contribution in [3.63, 3.8) is 0 Å². The van der Waals surface area contributed by atoms with Gasteiger partial charge in [0.1, 0.15) is 11.3 Å². The van der Waals surface area contributed by atoms with E-state index >= 15 is 0 Å². The minimum absolute atomic E-state index is 0.0321. The molecule has 4 rings (SSSR count). The minimum atomic E-state index is -0.408. The Kier molecular flexibility index (Phi) is 4.90. The van der Waals surface area contributed by atoms with E-state index < -0.39 is 5.63 Å². The predicted octanol–water partition coefficient (Wildman–Crippen LogP) is 4.15. The number of ether oxygens (including phenoxy) is 1. The fraction of sp³-hybridized carbons (Fsp3) is 0.304. The maximum atomic E-state index is 12.8. The van der Waals surface area contributed by atoms with Crippen molar-refractivity contribution in [2.45, 2.75) is 32.7 Å². The summed E-state index contributed by atoms with van der Waals surface area (Å²) in [6, 6.07) is 14.8. The van der Waals surface area contributed by atoms with Gasteiger partial charge in [-0.05, 0) is 61.6 Å². The van der Waals surface area contributed by atoms with E-state index in [0.29, 0.717) is 11.3 Å². The van der Waals surface area contributed by atoms with Crippen LogP contribution in [0.2, 0.25) is 0 Å². The van der Waals surface area contributed by atoms with Crippen LogP contribution in [0.4, 0.5) is 0 Å². The lowest BCUT2D eigenvalue weighted by Gasteiger charge is -2.25. The molecule has 1 aliphatic rings. The van der Waals surface area contributed by atoms with E-state index in [-0.39, 0.29) is 18.6 Å². The van der Waals surface area contributed by atoms with Gasteiger partial charge in [0.2, 0.25) is 0 Å². The SMILES string of the molecule is Cc1ccc(C2CCCN2C(=O)COc2ccc3ccc(=O)oc3c2)cc1C. The molecular formula is C23H23NO4. The maximum Gasteiger partial charge on any atom is 0.336 e. The molecule has 0 N–H and O–H groups in total. The first-order chi connectivity index (χ1) is 13.5. The Morgan fingerprint density at radius 3 is 2.75 bits per heavy atom. The molecule has 144 valence electrons. The molecule has 1 atom stereocenters. The molecule has 5 nitrogen and oxygen atoms in total. The van der Waals surface area contributed by atoms with Gasteiger partial charge in [0.05, 0.1) is 6.04 Å². The molecule has 1 unspecified atom stereocenters. The third kappa shape index (κ3) is 3.65. The number of benzene rings is 2. The highest BCUT2D eigenvalue weighted by molar-refractivity contribution is 5.80. The number of carbonyl (C=O) groups is 1. The molecule has 2 heterocycles. The Labute approximate surface area is 163 Å². The molecule has 1 saturated heterocycles. The van der Waals surface area contributed by atoms with Crippen LogP contribution in [0.5, 0.6) is 5.75 Å². The number of rotatable bonds is 4. The average molecular weight is 377 g/mol. The van der Waals surface area contributed by atoms with Crippen LogP contribution < -0.4 is 10.4 Å². The molecule has 0 radical (unpaired) electrons. The van der Waals surface area contributed by atoms with Crippen LogP contribution in [0.15, 0.2) is 57.7 Å². The van der Waals surface area contributed by atoms with E-state index in [1.54, 1.807) is 18.2 Å². The zero-order valence-corrected chi connectivity index (χ0v) is 16.1. The second-order valence-electron chi connectivity index (χ2n) is 7.33. The molecule has 3 aromatic rings. The predicted molar refractivity (Wildman–Crippen MR) is 108 cm³/mol. The topological polar surface area (TPSA) is 59.8 Å². The molecule has 0 spiro atoms. The van der Waals surface area contributed by atoms with Crippen LogP contribution in [-0.2, 0) is 4.79 Å². The normalized spacial score (nSPS) is 16.5. The molecule has 28 heavy (non-hydrogen) atoms. The fourth-order valence-electron chi connectivity index (χ4n) is 3.74. The smallest absolute Gasteiger partial charge is 0.336 e. The second kappa shape index (κ2) is 7.50. The van der Waals surface area contributed by atoms with Gasteiger partial charge in [0, 0.05) is 24.1 Å². The summed E-state index contributed by atoms with van der Waals surface area (Å²) in [4.78, 5) is 26.1. The number of fused-ring (bicyclic) bond motifs is 1. The van der Waals surface area contributed by atoms with E-state index in [1.807, 2.05) is 11.0 Å². The number of amides is 1. The molecule has 1 amide bonds.